The van der Waals surface area contributed by atoms with Crippen LogP contribution in [0.5, 0.6) is 0 Å². The molecule has 3 aromatic carbocycles. The van der Waals surface area contributed by atoms with E-state index in [9.17, 15) is 18.0 Å². The Labute approximate surface area is 218 Å². The van der Waals surface area contributed by atoms with Gasteiger partial charge in [0.2, 0.25) is 21.8 Å². The van der Waals surface area contributed by atoms with Gasteiger partial charge < -0.3 is 10.2 Å². The number of hydrogen-bond acceptors (Lipinski definition) is 4. The van der Waals surface area contributed by atoms with Crippen molar-refractivity contribution in [1.29, 1.82) is 0 Å². The number of nitrogens with one attached hydrogen (secondary N) is 1. The van der Waals surface area contributed by atoms with E-state index in [0.29, 0.717) is 17.0 Å². The summed E-state index contributed by atoms with van der Waals surface area (Å²) in [6.45, 7) is 5.15. The normalized spacial score (nSPS) is 12.6. The van der Waals surface area contributed by atoms with Crippen LogP contribution in [0.15, 0.2) is 71.6 Å². The summed E-state index contributed by atoms with van der Waals surface area (Å²) in [5.74, 6) is -0.791. The fourth-order valence-electron chi connectivity index (χ4n) is 3.98. The van der Waals surface area contributed by atoms with E-state index in [1.807, 2.05) is 45.0 Å². The molecule has 0 bridgehead atoms. The van der Waals surface area contributed by atoms with Crippen LogP contribution in [0.25, 0.3) is 10.8 Å². The van der Waals surface area contributed by atoms with Gasteiger partial charge in [-0.3, -0.25) is 9.59 Å². The zero-order valence-corrected chi connectivity index (χ0v) is 22.5. The highest BCUT2D eigenvalue weighted by atomic mass is 35.5. The summed E-state index contributed by atoms with van der Waals surface area (Å²) in [6.07, 6.45) is 0.357. The molecular weight excluding hydrogens is 498 g/mol. The first-order valence-corrected chi connectivity index (χ1v) is 13.6. The van der Waals surface area contributed by atoms with Crippen LogP contribution < -0.4 is 5.32 Å². The van der Waals surface area contributed by atoms with Gasteiger partial charge in [-0.2, -0.15) is 4.31 Å². The van der Waals surface area contributed by atoms with Gasteiger partial charge in [0, 0.05) is 24.7 Å². The SMILES string of the molecule is CC[C@H](C(=O)NC(C)C)N(Cc1ccccc1Cl)C(=O)CN(C)S(=O)(=O)c1ccc2ccccc2c1. The van der Waals surface area contributed by atoms with Gasteiger partial charge in [-0.05, 0) is 54.8 Å². The van der Waals surface area contributed by atoms with Gasteiger partial charge in [0.05, 0.1) is 11.4 Å². The van der Waals surface area contributed by atoms with Crippen molar-refractivity contribution in [3.05, 3.63) is 77.3 Å². The summed E-state index contributed by atoms with van der Waals surface area (Å²) >= 11 is 6.35. The molecule has 3 rings (SSSR count). The Bertz CT molecular complexity index is 1340. The Kier molecular flexibility index (Phi) is 9.11. The first-order valence-electron chi connectivity index (χ1n) is 11.8. The molecule has 1 N–H and O–H groups in total. The number of carbonyl (C=O) groups excluding carboxylic acids is 2. The zero-order chi connectivity index (χ0) is 26.5. The minimum atomic E-state index is -3.95. The summed E-state index contributed by atoms with van der Waals surface area (Å²) in [7, 11) is -2.59. The molecule has 9 heteroatoms. The highest BCUT2D eigenvalue weighted by Crippen LogP contribution is 2.23. The van der Waals surface area contributed by atoms with E-state index < -0.39 is 28.5 Å². The van der Waals surface area contributed by atoms with E-state index >= 15 is 0 Å². The van der Waals surface area contributed by atoms with Crippen LogP contribution in [0.2, 0.25) is 5.02 Å². The molecule has 0 fully saturated rings. The van der Waals surface area contributed by atoms with Crippen molar-refractivity contribution in [1.82, 2.24) is 14.5 Å². The molecule has 0 aliphatic heterocycles. The van der Waals surface area contributed by atoms with Crippen molar-refractivity contribution >= 4 is 44.2 Å². The Morgan fingerprint density at radius 2 is 1.61 bits per heavy atom. The van der Waals surface area contributed by atoms with Crippen molar-refractivity contribution < 1.29 is 18.0 Å². The Balaban J connectivity index is 1.90. The summed E-state index contributed by atoms with van der Waals surface area (Å²) in [5, 5.41) is 5.03. The lowest BCUT2D eigenvalue weighted by atomic mass is 10.1. The molecule has 1 atom stereocenters. The Hall–Kier alpha value is -2.94. The molecule has 0 heterocycles. The second kappa shape index (κ2) is 11.9. The third-order valence-electron chi connectivity index (χ3n) is 5.90. The van der Waals surface area contributed by atoms with E-state index in [-0.39, 0.29) is 23.4 Å². The monoisotopic (exact) mass is 529 g/mol. The second-order valence-corrected chi connectivity index (χ2v) is 11.4. The van der Waals surface area contributed by atoms with E-state index in [4.69, 9.17) is 11.6 Å². The van der Waals surface area contributed by atoms with Crippen LogP contribution in [-0.2, 0) is 26.2 Å². The molecule has 0 radical (unpaired) electrons. The van der Waals surface area contributed by atoms with Gasteiger partial charge in [0.15, 0.2) is 0 Å². The molecule has 2 amide bonds. The summed E-state index contributed by atoms with van der Waals surface area (Å²) in [4.78, 5) is 28.0. The fraction of sp³-hybridized carbons (Fsp3) is 0.333. The third-order valence-corrected chi connectivity index (χ3v) is 8.07. The van der Waals surface area contributed by atoms with E-state index in [2.05, 4.69) is 5.32 Å². The molecule has 0 spiro atoms. The zero-order valence-electron chi connectivity index (χ0n) is 20.9. The quantitative estimate of drug-likeness (QED) is 0.420. The van der Waals surface area contributed by atoms with Gasteiger partial charge >= 0.3 is 0 Å². The van der Waals surface area contributed by atoms with Crippen molar-refractivity contribution in [2.24, 2.45) is 0 Å². The Morgan fingerprint density at radius 1 is 0.972 bits per heavy atom. The molecule has 0 unspecified atom stereocenters. The van der Waals surface area contributed by atoms with Gasteiger partial charge in [0.25, 0.3) is 0 Å². The molecule has 0 saturated carbocycles. The molecule has 3 aromatic rings. The largest absolute Gasteiger partial charge is 0.352 e. The minimum absolute atomic E-state index is 0.0758. The maximum absolute atomic E-state index is 13.5. The van der Waals surface area contributed by atoms with Gasteiger partial charge in [-0.15, -0.1) is 0 Å². The lowest BCUT2D eigenvalue weighted by Gasteiger charge is -2.32. The highest BCUT2D eigenvalue weighted by Gasteiger charge is 2.32. The van der Waals surface area contributed by atoms with Gasteiger partial charge in [-0.1, -0.05) is 67.1 Å². The molecule has 192 valence electrons. The number of nitrogens with zero attached hydrogens (tertiary/aromatic N) is 2. The van der Waals surface area contributed by atoms with Crippen LogP contribution in [-0.4, -0.2) is 55.1 Å². The predicted molar refractivity (Wildman–Crippen MR) is 143 cm³/mol. The topological polar surface area (TPSA) is 86.8 Å². The fourth-order valence-corrected chi connectivity index (χ4v) is 5.34. The number of likely N-dealkylation sites (N-methyl/N-ethyl adjacent to an activating group) is 1. The van der Waals surface area contributed by atoms with E-state index in [1.165, 1.54) is 18.0 Å². The summed E-state index contributed by atoms with van der Waals surface area (Å²) < 4.78 is 27.7. The summed E-state index contributed by atoms with van der Waals surface area (Å²) in [6, 6.07) is 18.5. The lowest BCUT2D eigenvalue weighted by Crippen LogP contribution is -2.52. The predicted octanol–water partition coefficient (Wildman–Crippen LogP) is 4.45. The third kappa shape index (κ3) is 6.43. The number of amides is 2. The van der Waals surface area contributed by atoms with Crippen LogP contribution >= 0.6 is 11.6 Å². The van der Waals surface area contributed by atoms with Crippen LogP contribution in [0, 0.1) is 0 Å². The standard InChI is InChI=1S/C27H32ClN3O4S/c1-5-25(27(33)29-19(2)3)31(17-22-12-8-9-13-24(22)28)26(32)18-30(4)36(34,35)23-15-14-20-10-6-7-11-21(20)16-23/h6-16,19,25H,5,17-18H2,1-4H3,(H,29,33)/t25-/m1/s1. The molecular formula is C27H32ClN3O4S. The average molecular weight is 530 g/mol. The number of fused-ring (bicyclic) bond motifs is 1. The molecule has 7 nitrogen and oxygen atoms in total. The molecule has 0 aliphatic rings. The van der Waals surface area contributed by atoms with Crippen molar-refractivity contribution in [3.63, 3.8) is 0 Å². The van der Waals surface area contributed by atoms with E-state index in [0.717, 1.165) is 15.1 Å². The molecule has 0 aromatic heterocycles. The number of halogens is 1. The van der Waals surface area contributed by atoms with Crippen LogP contribution in [0.4, 0.5) is 0 Å². The number of hydrogen-bond donors (Lipinski definition) is 1. The maximum atomic E-state index is 13.5. The summed E-state index contributed by atoms with van der Waals surface area (Å²) in [5.41, 5.74) is 0.670. The average Bonchev–Trinajstić information content (AvgIpc) is 2.84. The molecule has 36 heavy (non-hydrogen) atoms. The number of carbonyl (C=O) groups is 2. The highest BCUT2D eigenvalue weighted by molar-refractivity contribution is 7.89. The van der Waals surface area contributed by atoms with Crippen LogP contribution in [0.3, 0.4) is 0 Å². The maximum Gasteiger partial charge on any atom is 0.243 e. The lowest BCUT2D eigenvalue weighted by molar-refractivity contribution is -0.141. The van der Waals surface area contributed by atoms with Crippen LogP contribution in [0.1, 0.15) is 32.8 Å². The number of rotatable bonds is 10. The smallest absolute Gasteiger partial charge is 0.243 e. The Morgan fingerprint density at radius 3 is 2.25 bits per heavy atom. The minimum Gasteiger partial charge on any atom is -0.352 e. The van der Waals surface area contributed by atoms with Gasteiger partial charge in [0.1, 0.15) is 6.04 Å². The van der Waals surface area contributed by atoms with Crippen molar-refractivity contribution in [2.45, 2.75) is 50.7 Å². The van der Waals surface area contributed by atoms with E-state index in [1.54, 1.807) is 36.4 Å². The molecule has 0 saturated heterocycles. The molecule has 0 aliphatic carbocycles. The van der Waals surface area contributed by atoms with Gasteiger partial charge in [-0.25, -0.2) is 8.42 Å². The van der Waals surface area contributed by atoms with Crippen molar-refractivity contribution in [2.75, 3.05) is 13.6 Å². The first kappa shape index (κ1) is 27.6. The second-order valence-electron chi connectivity index (χ2n) is 8.97. The van der Waals surface area contributed by atoms with Crippen molar-refractivity contribution in [3.8, 4) is 0 Å². The number of sulfonamides is 1. The number of benzene rings is 3. The first-order chi connectivity index (χ1) is 17.0.